The molecule has 3 aromatic rings. The molecule has 1 aliphatic heterocycles. The Kier molecular flexibility index (Phi) is 5.69. The van der Waals surface area contributed by atoms with Gasteiger partial charge in [-0.3, -0.25) is 9.69 Å². The topological polar surface area (TPSA) is 56.7 Å². The highest BCUT2D eigenvalue weighted by atomic mass is 32.1. The third-order valence-electron chi connectivity index (χ3n) is 4.94. The standard InChI is InChI=1S/C22H23N3O2S/c26-20(27)15-19-21(18-9-5-2-6-10-18)23-22(28-19)25-13-11-24(12-14-25)16-17-7-3-1-4-8-17/h1-10H,11-16H2,(H,26,27). The molecule has 6 heteroatoms. The van der Waals surface area contributed by atoms with Gasteiger partial charge in [0, 0.05) is 43.2 Å². The van der Waals surface area contributed by atoms with Crippen LogP contribution in [0.3, 0.4) is 0 Å². The fraction of sp³-hybridized carbons (Fsp3) is 0.273. The average Bonchev–Trinajstić information content (AvgIpc) is 3.13. The van der Waals surface area contributed by atoms with Crippen molar-refractivity contribution in [3.05, 3.63) is 71.1 Å². The van der Waals surface area contributed by atoms with Gasteiger partial charge in [-0.25, -0.2) is 4.98 Å². The summed E-state index contributed by atoms with van der Waals surface area (Å²) in [6, 6.07) is 20.4. The van der Waals surface area contributed by atoms with Crippen LogP contribution in [-0.4, -0.2) is 47.1 Å². The van der Waals surface area contributed by atoms with E-state index in [-0.39, 0.29) is 6.42 Å². The van der Waals surface area contributed by atoms with E-state index in [1.807, 2.05) is 36.4 Å². The molecule has 2 aromatic carbocycles. The molecule has 1 fully saturated rings. The molecule has 0 amide bonds. The number of nitrogens with zero attached hydrogens (tertiary/aromatic N) is 3. The Morgan fingerprint density at radius 3 is 2.25 bits per heavy atom. The number of piperazine rings is 1. The van der Waals surface area contributed by atoms with E-state index in [1.165, 1.54) is 16.9 Å². The van der Waals surface area contributed by atoms with Gasteiger partial charge < -0.3 is 10.0 Å². The van der Waals surface area contributed by atoms with Crippen molar-refractivity contribution in [1.29, 1.82) is 0 Å². The zero-order valence-corrected chi connectivity index (χ0v) is 16.4. The summed E-state index contributed by atoms with van der Waals surface area (Å²) < 4.78 is 0. The highest BCUT2D eigenvalue weighted by Crippen LogP contribution is 2.34. The van der Waals surface area contributed by atoms with Crippen LogP contribution < -0.4 is 4.90 Å². The van der Waals surface area contributed by atoms with Crippen molar-refractivity contribution in [2.24, 2.45) is 0 Å². The van der Waals surface area contributed by atoms with Crippen LogP contribution in [0.2, 0.25) is 0 Å². The molecule has 0 aliphatic carbocycles. The first kappa shape index (κ1) is 18.7. The molecule has 28 heavy (non-hydrogen) atoms. The lowest BCUT2D eigenvalue weighted by Crippen LogP contribution is -2.45. The maximum absolute atomic E-state index is 11.3. The second kappa shape index (κ2) is 8.54. The van der Waals surface area contributed by atoms with Crippen LogP contribution in [0, 0.1) is 0 Å². The summed E-state index contributed by atoms with van der Waals surface area (Å²) in [5.74, 6) is -0.819. The Morgan fingerprint density at radius 1 is 0.964 bits per heavy atom. The Hall–Kier alpha value is -2.70. The monoisotopic (exact) mass is 393 g/mol. The van der Waals surface area contributed by atoms with Gasteiger partial charge in [0.25, 0.3) is 0 Å². The summed E-state index contributed by atoms with van der Waals surface area (Å²) in [7, 11) is 0. The van der Waals surface area contributed by atoms with Crippen LogP contribution in [-0.2, 0) is 17.8 Å². The molecule has 1 saturated heterocycles. The van der Waals surface area contributed by atoms with Crippen molar-refractivity contribution in [2.45, 2.75) is 13.0 Å². The Balaban J connectivity index is 1.47. The van der Waals surface area contributed by atoms with Gasteiger partial charge in [-0.05, 0) is 5.56 Å². The maximum atomic E-state index is 11.3. The fourth-order valence-electron chi connectivity index (χ4n) is 3.49. The normalized spacial score (nSPS) is 14.9. The number of carbonyl (C=O) groups is 1. The molecule has 0 bridgehead atoms. The van der Waals surface area contributed by atoms with E-state index < -0.39 is 5.97 Å². The van der Waals surface area contributed by atoms with Gasteiger partial charge in [-0.15, -0.1) is 11.3 Å². The summed E-state index contributed by atoms with van der Waals surface area (Å²) in [6.45, 7) is 4.72. The van der Waals surface area contributed by atoms with Crippen LogP contribution in [0.1, 0.15) is 10.4 Å². The number of aromatic nitrogens is 1. The number of hydrogen-bond acceptors (Lipinski definition) is 5. The zero-order chi connectivity index (χ0) is 19.3. The van der Waals surface area contributed by atoms with E-state index in [0.29, 0.717) is 0 Å². The van der Waals surface area contributed by atoms with Gasteiger partial charge in [0.05, 0.1) is 12.1 Å². The number of rotatable bonds is 6. The molecule has 0 saturated carbocycles. The Morgan fingerprint density at radius 2 is 1.61 bits per heavy atom. The first-order valence-electron chi connectivity index (χ1n) is 9.47. The summed E-state index contributed by atoms with van der Waals surface area (Å²) in [5.41, 5.74) is 3.11. The number of aliphatic carboxylic acids is 1. The summed E-state index contributed by atoms with van der Waals surface area (Å²) in [4.78, 5) is 21.7. The molecule has 0 spiro atoms. The van der Waals surface area contributed by atoms with Crippen molar-refractivity contribution in [1.82, 2.24) is 9.88 Å². The number of hydrogen-bond donors (Lipinski definition) is 1. The van der Waals surface area contributed by atoms with Gasteiger partial charge >= 0.3 is 5.97 Å². The predicted octanol–water partition coefficient (Wildman–Crippen LogP) is 3.76. The number of thiazole rings is 1. The van der Waals surface area contributed by atoms with Crippen molar-refractivity contribution in [3.63, 3.8) is 0 Å². The molecule has 0 radical (unpaired) electrons. The lowest BCUT2D eigenvalue weighted by atomic mass is 10.1. The van der Waals surface area contributed by atoms with Gasteiger partial charge in [-0.2, -0.15) is 0 Å². The minimum absolute atomic E-state index is 0.00979. The lowest BCUT2D eigenvalue weighted by molar-refractivity contribution is -0.136. The largest absolute Gasteiger partial charge is 0.481 e. The summed E-state index contributed by atoms with van der Waals surface area (Å²) in [5, 5.41) is 10.2. The second-order valence-electron chi connectivity index (χ2n) is 6.95. The average molecular weight is 394 g/mol. The van der Waals surface area contributed by atoms with Crippen LogP contribution in [0.5, 0.6) is 0 Å². The smallest absolute Gasteiger partial charge is 0.308 e. The molecule has 0 atom stereocenters. The molecular weight excluding hydrogens is 370 g/mol. The van der Waals surface area contributed by atoms with Crippen molar-refractivity contribution in [2.75, 3.05) is 31.1 Å². The van der Waals surface area contributed by atoms with Crippen LogP contribution in [0.25, 0.3) is 11.3 Å². The molecule has 1 N–H and O–H groups in total. The Bertz CT molecular complexity index is 919. The quantitative estimate of drug-likeness (QED) is 0.691. The highest BCUT2D eigenvalue weighted by Gasteiger charge is 2.23. The van der Waals surface area contributed by atoms with Crippen molar-refractivity contribution >= 4 is 22.4 Å². The first-order chi connectivity index (χ1) is 13.7. The minimum atomic E-state index is -0.819. The predicted molar refractivity (Wildman–Crippen MR) is 113 cm³/mol. The van der Waals surface area contributed by atoms with Crippen molar-refractivity contribution < 1.29 is 9.90 Å². The van der Waals surface area contributed by atoms with Crippen molar-refractivity contribution in [3.8, 4) is 11.3 Å². The molecule has 1 aliphatic rings. The molecule has 144 valence electrons. The lowest BCUT2D eigenvalue weighted by Gasteiger charge is -2.34. The maximum Gasteiger partial charge on any atom is 0.308 e. The van der Waals surface area contributed by atoms with E-state index in [0.717, 1.165) is 54.0 Å². The van der Waals surface area contributed by atoms with E-state index in [1.54, 1.807) is 0 Å². The molecule has 1 aromatic heterocycles. The van der Waals surface area contributed by atoms with Gasteiger partial charge in [0.2, 0.25) is 0 Å². The Labute approximate surface area is 168 Å². The number of carboxylic acid groups (broad SMARTS) is 1. The summed E-state index contributed by atoms with van der Waals surface area (Å²) in [6.07, 6.45) is 0.00979. The number of carboxylic acids is 1. The highest BCUT2D eigenvalue weighted by molar-refractivity contribution is 7.16. The minimum Gasteiger partial charge on any atom is -0.481 e. The van der Waals surface area contributed by atoms with Gasteiger partial charge in [0.15, 0.2) is 5.13 Å². The third kappa shape index (κ3) is 4.40. The van der Waals surface area contributed by atoms with E-state index in [2.05, 4.69) is 34.1 Å². The molecular formula is C22H23N3O2S. The SMILES string of the molecule is O=C(O)Cc1sc(N2CCN(Cc3ccccc3)CC2)nc1-c1ccccc1. The molecule has 0 unspecified atom stereocenters. The number of benzene rings is 2. The second-order valence-corrected chi connectivity index (χ2v) is 8.02. The van der Waals surface area contributed by atoms with E-state index in [4.69, 9.17) is 4.98 Å². The van der Waals surface area contributed by atoms with Crippen LogP contribution >= 0.6 is 11.3 Å². The van der Waals surface area contributed by atoms with E-state index in [9.17, 15) is 9.90 Å². The molecule has 4 rings (SSSR count). The van der Waals surface area contributed by atoms with Crippen LogP contribution in [0.4, 0.5) is 5.13 Å². The molecule has 5 nitrogen and oxygen atoms in total. The fourth-order valence-corrected chi connectivity index (χ4v) is 4.62. The van der Waals surface area contributed by atoms with Gasteiger partial charge in [-0.1, -0.05) is 60.7 Å². The van der Waals surface area contributed by atoms with E-state index >= 15 is 0 Å². The molecule has 2 heterocycles. The number of anilines is 1. The van der Waals surface area contributed by atoms with Crippen LogP contribution in [0.15, 0.2) is 60.7 Å². The zero-order valence-electron chi connectivity index (χ0n) is 15.6. The third-order valence-corrected chi connectivity index (χ3v) is 6.05. The summed E-state index contributed by atoms with van der Waals surface area (Å²) >= 11 is 1.51. The first-order valence-corrected chi connectivity index (χ1v) is 10.3. The van der Waals surface area contributed by atoms with Gasteiger partial charge in [0.1, 0.15) is 0 Å².